The van der Waals surface area contributed by atoms with Crippen molar-refractivity contribution in [3.63, 3.8) is 0 Å². The average Bonchev–Trinajstić information content (AvgIpc) is 3.03. The Hall–Kier alpha value is -2.21. The molecule has 0 radical (unpaired) electrons. The molecule has 3 rings (SSSR count). The first-order valence-corrected chi connectivity index (χ1v) is 9.47. The number of thiazole rings is 1. The van der Waals surface area contributed by atoms with Crippen LogP contribution in [0.1, 0.15) is 37.1 Å². The molecule has 1 aliphatic heterocycles. The summed E-state index contributed by atoms with van der Waals surface area (Å²) in [6, 6.07) is 7.52. The average molecular weight is 357 g/mol. The van der Waals surface area contributed by atoms with Gasteiger partial charge in [-0.25, -0.2) is 4.98 Å². The van der Waals surface area contributed by atoms with E-state index in [4.69, 9.17) is 0 Å². The Morgan fingerprint density at radius 1 is 1.36 bits per heavy atom. The fourth-order valence-corrected chi connectivity index (χ4v) is 3.74. The van der Waals surface area contributed by atoms with Gasteiger partial charge in [-0.1, -0.05) is 38.1 Å². The fraction of sp³-hybridized carbons (Fsp3) is 0.421. The molecule has 1 aromatic carbocycles. The lowest BCUT2D eigenvalue weighted by molar-refractivity contribution is -0.143. The van der Waals surface area contributed by atoms with Crippen molar-refractivity contribution in [2.75, 3.05) is 5.32 Å². The van der Waals surface area contributed by atoms with Crippen molar-refractivity contribution in [1.29, 1.82) is 0 Å². The van der Waals surface area contributed by atoms with Crippen LogP contribution in [-0.2, 0) is 22.6 Å². The van der Waals surface area contributed by atoms with Crippen LogP contribution in [0, 0.1) is 12.8 Å². The molecular formula is C19H23N3O2S. The highest BCUT2D eigenvalue weighted by Gasteiger charge is 2.36. The third-order valence-corrected chi connectivity index (χ3v) is 5.59. The number of amides is 2. The molecule has 2 unspecified atom stereocenters. The predicted octanol–water partition coefficient (Wildman–Crippen LogP) is 3.39. The molecule has 2 amide bonds. The van der Waals surface area contributed by atoms with E-state index < -0.39 is 6.04 Å². The zero-order valence-corrected chi connectivity index (χ0v) is 15.6. The first kappa shape index (κ1) is 17.6. The molecule has 5 nitrogen and oxygen atoms in total. The molecule has 0 saturated carbocycles. The van der Waals surface area contributed by atoms with E-state index in [9.17, 15) is 9.59 Å². The van der Waals surface area contributed by atoms with E-state index in [-0.39, 0.29) is 17.7 Å². The number of carbonyl (C=O) groups is 2. The van der Waals surface area contributed by atoms with Gasteiger partial charge in [-0.3, -0.25) is 9.59 Å². The minimum atomic E-state index is -0.499. The predicted molar refractivity (Wildman–Crippen MR) is 99.4 cm³/mol. The number of rotatable bonds is 4. The highest BCUT2D eigenvalue weighted by Crippen LogP contribution is 2.26. The second-order valence-electron chi connectivity index (χ2n) is 6.55. The quantitative estimate of drug-likeness (QED) is 0.912. The Morgan fingerprint density at radius 3 is 2.72 bits per heavy atom. The number of hydrogen-bond donors (Lipinski definition) is 1. The highest BCUT2D eigenvalue weighted by atomic mass is 32.1. The highest BCUT2D eigenvalue weighted by molar-refractivity contribution is 7.13. The van der Waals surface area contributed by atoms with Crippen LogP contribution in [0.5, 0.6) is 0 Å². The zero-order valence-electron chi connectivity index (χ0n) is 14.8. The zero-order chi connectivity index (χ0) is 18.0. The number of carbonyl (C=O) groups excluding carboxylic acids is 2. The van der Waals surface area contributed by atoms with E-state index in [2.05, 4.69) is 10.3 Å². The van der Waals surface area contributed by atoms with Crippen molar-refractivity contribution in [3.05, 3.63) is 46.5 Å². The Bertz CT molecular complexity index is 786. The second kappa shape index (κ2) is 7.35. The third kappa shape index (κ3) is 3.74. The van der Waals surface area contributed by atoms with Gasteiger partial charge in [0.1, 0.15) is 6.04 Å². The lowest BCUT2D eigenvalue weighted by Crippen LogP contribution is -2.52. The molecule has 25 heavy (non-hydrogen) atoms. The van der Waals surface area contributed by atoms with Gasteiger partial charge in [0, 0.05) is 24.3 Å². The van der Waals surface area contributed by atoms with Crippen molar-refractivity contribution in [2.45, 2.75) is 46.2 Å². The van der Waals surface area contributed by atoms with Crippen LogP contribution in [0.2, 0.25) is 0 Å². The van der Waals surface area contributed by atoms with E-state index in [1.54, 1.807) is 4.90 Å². The molecule has 2 heterocycles. The normalized spacial score (nSPS) is 17.7. The van der Waals surface area contributed by atoms with Crippen molar-refractivity contribution >= 4 is 28.3 Å². The van der Waals surface area contributed by atoms with Crippen LogP contribution in [0.25, 0.3) is 0 Å². The Labute approximate surface area is 152 Å². The van der Waals surface area contributed by atoms with Crippen LogP contribution in [-0.4, -0.2) is 27.7 Å². The monoisotopic (exact) mass is 357 g/mol. The SMILES string of the molecule is CCC(C)C(=O)N1Cc2ccccc2CC1C(=O)Nc1nc(C)cs1. The van der Waals surface area contributed by atoms with E-state index in [1.807, 2.05) is 50.4 Å². The topological polar surface area (TPSA) is 62.3 Å². The molecule has 0 spiro atoms. The summed E-state index contributed by atoms with van der Waals surface area (Å²) in [5.74, 6) is -0.226. The lowest BCUT2D eigenvalue weighted by Gasteiger charge is -2.37. The number of fused-ring (bicyclic) bond motifs is 1. The summed E-state index contributed by atoms with van der Waals surface area (Å²) in [6.07, 6.45) is 1.30. The number of anilines is 1. The fourth-order valence-electron chi connectivity index (χ4n) is 3.05. The van der Waals surface area contributed by atoms with Crippen molar-refractivity contribution in [2.24, 2.45) is 5.92 Å². The molecular weight excluding hydrogens is 334 g/mol. The van der Waals surface area contributed by atoms with Gasteiger partial charge in [-0.15, -0.1) is 11.3 Å². The minimum Gasteiger partial charge on any atom is -0.326 e. The lowest BCUT2D eigenvalue weighted by atomic mass is 9.92. The Kier molecular flexibility index (Phi) is 5.18. The van der Waals surface area contributed by atoms with Crippen molar-refractivity contribution in [1.82, 2.24) is 9.88 Å². The summed E-state index contributed by atoms with van der Waals surface area (Å²) in [6.45, 7) is 6.28. The summed E-state index contributed by atoms with van der Waals surface area (Å²) in [5, 5.41) is 5.36. The first-order valence-electron chi connectivity index (χ1n) is 8.59. The van der Waals surface area contributed by atoms with Crippen LogP contribution >= 0.6 is 11.3 Å². The van der Waals surface area contributed by atoms with E-state index in [0.717, 1.165) is 23.2 Å². The molecule has 0 saturated heterocycles. The third-order valence-electron chi connectivity index (χ3n) is 4.72. The summed E-state index contributed by atoms with van der Waals surface area (Å²) >= 11 is 1.40. The summed E-state index contributed by atoms with van der Waals surface area (Å²) in [5.41, 5.74) is 3.13. The van der Waals surface area contributed by atoms with Crippen molar-refractivity contribution in [3.8, 4) is 0 Å². The van der Waals surface area contributed by atoms with E-state index in [1.165, 1.54) is 11.3 Å². The number of hydrogen-bond acceptors (Lipinski definition) is 4. The summed E-state index contributed by atoms with van der Waals surface area (Å²) in [7, 11) is 0. The van der Waals surface area contributed by atoms with E-state index >= 15 is 0 Å². The summed E-state index contributed by atoms with van der Waals surface area (Å²) in [4.78, 5) is 31.7. The number of aryl methyl sites for hydroxylation is 1. The van der Waals surface area contributed by atoms with Gasteiger partial charge in [0.25, 0.3) is 0 Å². The minimum absolute atomic E-state index is 0.0347. The van der Waals surface area contributed by atoms with Gasteiger partial charge < -0.3 is 10.2 Å². The Balaban J connectivity index is 1.87. The molecule has 2 aromatic rings. The number of nitrogens with zero attached hydrogens (tertiary/aromatic N) is 2. The van der Waals surface area contributed by atoms with Gasteiger partial charge in [0.05, 0.1) is 5.69 Å². The van der Waals surface area contributed by atoms with E-state index in [0.29, 0.717) is 18.1 Å². The molecule has 1 aromatic heterocycles. The second-order valence-corrected chi connectivity index (χ2v) is 7.41. The molecule has 0 fully saturated rings. The van der Waals surface area contributed by atoms with Gasteiger partial charge in [0.15, 0.2) is 5.13 Å². The van der Waals surface area contributed by atoms with Gasteiger partial charge in [-0.05, 0) is 24.5 Å². The molecule has 132 valence electrons. The molecule has 6 heteroatoms. The molecule has 1 aliphatic rings. The van der Waals surface area contributed by atoms with Crippen molar-refractivity contribution < 1.29 is 9.59 Å². The number of benzene rings is 1. The van der Waals surface area contributed by atoms with Gasteiger partial charge in [-0.2, -0.15) is 0 Å². The molecule has 2 atom stereocenters. The van der Waals surface area contributed by atoms with Crippen LogP contribution in [0.4, 0.5) is 5.13 Å². The standard InChI is InChI=1S/C19H23N3O2S/c1-4-12(2)18(24)22-10-15-8-6-5-7-14(15)9-16(22)17(23)21-19-20-13(3)11-25-19/h5-8,11-12,16H,4,9-10H2,1-3H3,(H,20,21,23). The van der Waals surface area contributed by atoms with Gasteiger partial charge >= 0.3 is 0 Å². The maximum atomic E-state index is 12.9. The maximum Gasteiger partial charge on any atom is 0.249 e. The summed E-state index contributed by atoms with van der Waals surface area (Å²) < 4.78 is 0. The number of aromatic nitrogens is 1. The first-order chi connectivity index (χ1) is 12.0. The van der Waals surface area contributed by atoms with Crippen LogP contribution < -0.4 is 5.32 Å². The smallest absolute Gasteiger partial charge is 0.249 e. The molecule has 0 bridgehead atoms. The number of nitrogens with one attached hydrogen (secondary N) is 1. The molecule has 1 N–H and O–H groups in total. The maximum absolute atomic E-state index is 12.9. The Morgan fingerprint density at radius 2 is 2.08 bits per heavy atom. The largest absolute Gasteiger partial charge is 0.326 e. The molecule has 0 aliphatic carbocycles. The van der Waals surface area contributed by atoms with Crippen LogP contribution in [0.15, 0.2) is 29.6 Å². The van der Waals surface area contributed by atoms with Crippen LogP contribution in [0.3, 0.4) is 0 Å². The van der Waals surface area contributed by atoms with Gasteiger partial charge in [0.2, 0.25) is 11.8 Å².